The van der Waals surface area contributed by atoms with E-state index in [1.165, 1.54) is 5.56 Å². The Balaban J connectivity index is 1.83. The molecule has 0 aliphatic rings. The second kappa shape index (κ2) is 6.10. The molecule has 24 heavy (non-hydrogen) atoms. The lowest BCUT2D eigenvalue weighted by atomic mass is 10.00. The van der Waals surface area contributed by atoms with Gasteiger partial charge in [-0.2, -0.15) is 0 Å². The summed E-state index contributed by atoms with van der Waals surface area (Å²) in [7, 11) is 0. The third-order valence-corrected chi connectivity index (χ3v) is 5.26. The number of rotatable bonds is 3. The van der Waals surface area contributed by atoms with Gasteiger partial charge in [0.25, 0.3) is 0 Å². The maximum Gasteiger partial charge on any atom is 0.128 e. The van der Waals surface area contributed by atoms with Gasteiger partial charge in [-0.25, -0.2) is 4.98 Å². The molecule has 1 aromatic heterocycles. The molecule has 2 nitrogen and oxygen atoms in total. The standard InChI is InChI=1S/C21H17NOS/c1-2-14-6-5-7-15(12-14)16-10-11-19(23)17(13-16)21-22-18-8-3-4-9-20(18)24-21/h3-13,23H,2H2,1H3. The monoisotopic (exact) mass is 331 g/mol. The van der Waals surface area contributed by atoms with E-state index in [0.717, 1.165) is 38.3 Å². The number of aromatic hydroxyl groups is 1. The Morgan fingerprint density at radius 2 is 1.75 bits per heavy atom. The van der Waals surface area contributed by atoms with E-state index < -0.39 is 0 Å². The van der Waals surface area contributed by atoms with Crippen molar-refractivity contribution in [1.82, 2.24) is 4.98 Å². The first-order chi connectivity index (χ1) is 11.7. The number of benzene rings is 3. The fourth-order valence-corrected chi connectivity index (χ4v) is 3.84. The highest BCUT2D eigenvalue weighted by Crippen LogP contribution is 2.37. The van der Waals surface area contributed by atoms with Crippen LogP contribution in [0.25, 0.3) is 31.9 Å². The maximum absolute atomic E-state index is 10.3. The molecule has 1 heterocycles. The summed E-state index contributed by atoms with van der Waals surface area (Å²) >= 11 is 1.60. The van der Waals surface area contributed by atoms with Gasteiger partial charge in [0.2, 0.25) is 0 Å². The number of phenolic OH excluding ortho intramolecular Hbond substituents is 1. The van der Waals surface area contributed by atoms with Gasteiger partial charge in [-0.05, 0) is 47.4 Å². The molecule has 0 aliphatic carbocycles. The molecule has 4 aromatic rings. The highest BCUT2D eigenvalue weighted by Gasteiger charge is 2.12. The van der Waals surface area contributed by atoms with Crippen LogP contribution in [0.1, 0.15) is 12.5 Å². The fourth-order valence-electron chi connectivity index (χ4n) is 2.85. The van der Waals surface area contributed by atoms with Crippen molar-refractivity contribution in [2.24, 2.45) is 0 Å². The second-order valence-corrected chi connectivity index (χ2v) is 6.80. The van der Waals surface area contributed by atoms with E-state index in [0.29, 0.717) is 0 Å². The van der Waals surface area contributed by atoms with Gasteiger partial charge in [-0.15, -0.1) is 11.3 Å². The van der Waals surface area contributed by atoms with Crippen molar-refractivity contribution in [3.8, 4) is 27.4 Å². The summed E-state index contributed by atoms with van der Waals surface area (Å²) in [6.07, 6.45) is 1.01. The van der Waals surface area contributed by atoms with Crippen LogP contribution in [0.5, 0.6) is 5.75 Å². The van der Waals surface area contributed by atoms with E-state index >= 15 is 0 Å². The molecule has 0 fully saturated rings. The molecule has 118 valence electrons. The molecule has 0 aliphatic heterocycles. The summed E-state index contributed by atoms with van der Waals surface area (Å²) in [5, 5.41) is 11.2. The smallest absolute Gasteiger partial charge is 0.128 e. The van der Waals surface area contributed by atoms with Crippen LogP contribution in [-0.2, 0) is 6.42 Å². The van der Waals surface area contributed by atoms with Crippen molar-refractivity contribution in [2.45, 2.75) is 13.3 Å². The molecule has 0 atom stereocenters. The minimum atomic E-state index is 0.268. The average Bonchev–Trinajstić information content (AvgIpc) is 3.06. The summed E-state index contributed by atoms with van der Waals surface area (Å²) in [5.74, 6) is 0.268. The van der Waals surface area contributed by atoms with Crippen LogP contribution >= 0.6 is 11.3 Å². The van der Waals surface area contributed by atoms with E-state index in [1.807, 2.05) is 30.3 Å². The first-order valence-corrected chi connectivity index (χ1v) is 8.84. The van der Waals surface area contributed by atoms with Gasteiger partial charge in [0.05, 0.1) is 15.8 Å². The Morgan fingerprint density at radius 3 is 2.58 bits per heavy atom. The third-order valence-electron chi connectivity index (χ3n) is 4.19. The molecule has 1 N–H and O–H groups in total. The Kier molecular flexibility index (Phi) is 3.79. The largest absolute Gasteiger partial charge is 0.507 e. The fraction of sp³-hybridized carbons (Fsp3) is 0.0952. The number of hydrogen-bond acceptors (Lipinski definition) is 3. The Hall–Kier alpha value is -2.65. The lowest BCUT2D eigenvalue weighted by Gasteiger charge is -2.07. The van der Waals surface area contributed by atoms with E-state index in [9.17, 15) is 5.11 Å². The van der Waals surface area contributed by atoms with Crippen LogP contribution in [0.2, 0.25) is 0 Å². The van der Waals surface area contributed by atoms with Crippen LogP contribution < -0.4 is 0 Å². The van der Waals surface area contributed by atoms with Gasteiger partial charge >= 0.3 is 0 Å². The van der Waals surface area contributed by atoms with Gasteiger partial charge in [0.15, 0.2) is 0 Å². The first kappa shape index (κ1) is 14.9. The number of aryl methyl sites for hydroxylation is 1. The van der Waals surface area contributed by atoms with E-state index in [1.54, 1.807) is 17.4 Å². The Labute approximate surface area is 145 Å². The molecular weight excluding hydrogens is 314 g/mol. The molecule has 0 saturated carbocycles. The topological polar surface area (TPSA) is 33.1 Å². The zero-order valence-electron chi connectivity index (χ0n) is 13.4. The number of aromatic nitrogens is 1. The van der Waals surface area contributed by atoms with Gasteiger partial charge in [-0.3, -0.25) is 0 Å². The zero-order chi connectivity index (χ0) is 16.5. The predicted octanol–water partition coefficient (Wildman–Crippen LogP) is 5.90. The predicted molar refractivity (Wildman–Crippen MR) is 102 cm³/mol. The average molecular weight is 331 g/mol. The van der Waals surface area contributed by atoms with Gasteiger partial charge < -0.3 is 5.11 Å². The van der Waals surface area contributed by atoms with Crippen LogP contribution in [-0.4, -0.2) is 10.1 Å². The second-order valence-electron chi connectivity index (χ2n) is 5.77. The summed E-state index contributed by atoms with van der Waals surface area (Å²) in [6.45, 7) is 2.16. The minimum absolute atomic E-state index is 0.268. The highest BCUT2D eigenvalue weighted by molar-refractivity contribution is 7.21. The number of thiazole rings is 1. The zero-order valence-corrected chi connectivity index (χ0v) is 14.2. The number of phenols is 1. The van der Waals surface area contributed by atoms with Crippen LogP contribution in [0.3, 0.4) is 0 Å². The molecule has 0 amide bonds. The summed E-state index contributed by atoms with van der Waals surface area (Å²) in [5.41, 5.74) is 5.32. The molecule has 0 saturated heterocycles. The molecular formula is C21H17NOS. The van der Waals surface area contributed by atoms with Crippen molar-refractivity contribution in [1.29, 1.82) is 0 Å². The normalized spacial score (nSPS) is 11.0. The Morgan fingerprint density at radius 1 is 0.917 bits per heavy atom. The summed E-state index contributed by atoms with van der Waals surface area (Å²) in [6, 6.07) is 22.3. The quantitative estimate of drug-likeness (QED) is 0.507. The van der Waals surface area contributed by atoms with E-state index in [-0.39, 0.29) is 5.75 Å². The van der Waals surface area contributed by atoms with Crippen molar-refractivity contribution >= 4 is 21.6 Å². The Bertz CT molecular complexity index is 986. The summed E-state index contributed by atoms with van der Waals surface area (Å²) < 4.78 is 1.13. The molecule has 0 unspecified atom stereocenters. The van der Waals surface area contributed by atoms with Gasteiger partial charge in [0, 0.05) is 0 Å². The lowest BCUT2D eigenvalue weighted by molar-refractivity contribution is 0.477. The van der Waals surface area contributed by atoms with Crippen molar-refractivity contribution in [2.75, 3.05) is 0 Å². The van der Waals surface area contributed by atoms with Crippen molar-refractivity contribution in [3.63, 3.8) is 0 Å². The molecule has 3 aromatic carbocycles. The minimum Gasteiger partial charge on any atom is -0.507 e. The number of hydrogen-bond donors (Lipinski definition) is 1. The van der Waals surface area contributed by atoms with E-state index in [2.05, 4.69) is 42.2 Å². The maximum atomic E-state index is 10.3. The van der Waals surface area contributed by atoms with E-state index in [4.69, 9.17) is 0 Å². The van der Waals surface area contributed by atoms with Crippen molar-refractivity contribution in [3.05, 3.63) is 72.3 Å². The molecule has 0 radical (unpaired) electrons. The molecule has 4 rings (SSSR count). The highest BCUT2D eigenvalue weighted by atomic mass is 32.1. The van der Waals surface area contributed by atoms with Gasteiger partial charge in [-0.1, -0.05) is 49.4 Å². The number of para-hydroxylation sites is 1. The first-order valence-electron chi connectivity index (χ1n) is 8.03. The number of nitrogens with zero attached hydrogens (tertiary/aromatic N) is 1. The lowest BCUT2D eigenvalue weighted by Crippen LogP contribution is -1.85. The molecule has 0 spiro atoms. The third kappa shape index (κ3) is 2.68. The molecule has 0 bridgehead atoms. The SMILES string of the molecule is CCc1cccc(-c2ccc(O)c(-c3nc4ccccc4s3)c2)c1. The van der Waals surface area contributed by atoms with Crippen LogP contribution in [0, 0.1) is 0 Å². The van der Waals surface area contributed by atoms with Crippen LogP contribution in [0.15, 0.2) is 66.7 Å². The molecule has 3 heteroatoms. The van der Waals surface area contributed by atoms with Gasteiger partial charge in [0.1, 0.15) is 10.8 Å². The van der Waals surface area contributed by atoms with Crippen LogP contribution in [0.4, 0.5) is 0 Å². The number of fused-ring (bicyclic) bond motifs is 1. The summed E-state index contributed by atoms with van der Waals surface area (Å²) in [4.78, 5) is 4.67. The van der Waals surface area contributed by atoms with Crippen molar-refractivity contribution < 1.29 is 5.11 Å².